The van der Waals surface area contributed by atoms with Gasteiger partial charge < -0.3 is 10.2 Å². The topological polar surface area (TPSA) is 109 Å². The number of aromatic nitrogens is 2. The number of aryl methyl sites for hydroxylation is 1. The smallest absolute Gasteiger partial charge is 0.227 e. The van der Waals surface area contributed by atoms with Crippen LogP contribution in [-0.2, 0) is 25.2 Å². The fourth-order valence-electron chi connectivity index (χ4n) is 3.75. The number of rotatable bonds is 8. The second-order valence-electron chi connectivity index (χ2n) is 8.01. The molecule has 33 heavy (non-hydrogen) atoms. The first-order chi connectivity index (χ1) is 15.8. The van der Waals surface area contributed by atoms with Gasteiger partial charge in [-0.05, 0) is 24.1 Å². The molecule has 1 N–H and O–H groups in total. The third-order valence-corrected chi connectivity index (χ3v) is 8.04. The van der Waals surface area contributed by atoms with Crippen molar-refractivity contribution in [3.8, 4) is 0 Å². The SMILES string of the molecule is Cc1ccccc1N1C[C@@H](c2nnc(NC(=O)CCS(=O)(=O)Cc3ccccc3)s2)CC1=O. The summed E-state index contributed by atoms with van der Waals surface area (Å²) in [6, 6.07) is 16.6. The van der Waals surface area contributed by atoms with Gasteiger partial charge >= 0.3 is 0 Å². The van der Waals surface area contributed by atoms with Gasteiger partial charge in [0.05, 0.1) is 11.5 Å². The summed E-state index contributed by atoms with van der Waals surface area (Å²) >= 11 is 1.22. The summed E-state index contributed by atoms with van der Waals surface area (Å²) in [6.07, 6.45) is 0.168. The molecule has 1 aliphatic rings. The first-order valence-electron chi connectivity index (χ1n) is 10.5. The highest BCUT2D eigenvalue weighted by molar-refractivity contribution is 7.90. The van der Waals surface area contributed by atoms with Gasteiger partial charge in [0.2, 0.25) is 16.9 Å². The second-order valence-corrected chi connectivity index (χ2v) is 11.2. The van der Waals surface area contributed by atoms with Crippen molar-refractivity contribution in [2.24, 2.45) is 0 Å². The minimum Gasteiger partial charge on any atom is -0.311 e. The van der Waals surface area contributed by atoms with Crippen LogP contribution in [0.1, 0.15) is 34.9 Å². The molecule has 2 heterocycles. The Balaban J connectivity index is 1.32. The molecule has 10 heteroatoms. The van der Waals surface area contributed by atoms with Crippen LogP contribution >= 0.6 is 11.3 Å². The van der Waals surface area contributed by atoms with E-state index in [0.717, 1.165) is 11.3 Å². The largest absolute Gasteiger partial charge is 0.311 e. The average Bonchev–Trinajstić information content (AvgIpc) is 3.40. The molecule has 1 aliphatic heterocycles. The van der Waals surface area contributed by atoms with E-state index in [-0.39, 0.29) is 29.8 Å². The quantitative estimate of drug-likeness (QED) is 0.525. The van der Waals surface area contributed by atoms with E-state index in [1.165, 1.54) is 11.3 Å². The highest BCUT2D eigenvalue weighted by atomic mass is 32.2. The zero-order chi connectivity index (χ0) is 23.4. The van der Waals surface area contributed by atoms with Crippen molar-refractivity contribution in [2.75, 3.05) is 22.5 Å². The molecule has 1 fully saturated rings. The Morgan fingerprint density at radius 1 is 1.12 bits per heavy atom. The van der Waals surface area contributed by atoms with Crippen LogP contribution in [0.25, 0.3) is 0 Å². The van der Waals surface area contributed by atoms with Crippen molar-refractivity contribution in [1.29, 1.82) is 0 Å². The van der Waals surface area contributed by atoms with Gasteiger partial charge in [-0.1, -0.05) is 59.9 Å². The van der Waals surface area contributed by atoms with Gasteiger partial charge in [0.25, 0.3) is 0 Å². The minimum atomic E-state index is -3.41. The van der Waals surface area contributed by atoms with Crippen LogP contribution in [0.4, 0.5) is 10.8 Å². The standard InChI is InChI=1S/C23H24N4O4S2/c1-16-7-5-6-10-19(16)27-14-18(13-21(27)29)22-25-26-23(32-22)24-20(28)11-12-33(30,31)15-17-8-3-2-4-9-17/h2-10,18H,11-15H2,1H3,(H,24,26,28)/t18-/m0/s1. The summed E-state index contributed by atoms with van der Waals surface area (Å²) in [5.74, 6) is -0.859. The summed E-state index contributed by atoms with van der Waals surface area (Å²) < 4.78 is 24.6. The summed E-state index contributed by atoms with van der Waals surface area (Å²) in [5, 5.41) is 11.8. The lowest BCUT2D eigenvalue weighted by Crippen LogP contribution is -2.25. The van der Waals surface area contributed by atoms with Crippen molar-refractivity contribution in [2.45, 2.75) is 31.4 Å². The molecular formula is C23H24N4O4S2. The normalized spacial score (nSPS) is 16.2. The molecule has 1 aromatic heterocycles. The Bertz CT molecular complexity index is 1260. The molecule has 0 unspecified atom stereocenters. The lowest BCUT2D eigenvalue weighted by Gasteiger charge is -2.18. The lowest BCUT2D eigenvalue weighted by molar-refractivity contribution is -0.117. The number of carbonyl (C=O) groups excluding carboxylic acids is 2. The Hall–Kier alpha value is -3.11. The van der Waals surface area contributed by atoms with Gasteiger partial charge in [-0.15, -0.1) is 10.2 Å². The third-order valence-electron chi connectivity index (χ3n) is 5.44. The first-order valence-corrected chi connectivity index (χ1v) is 13.2. The van der Waals surface area contributed by atoms with Gasteiger partial charge in [-0.25, -0.2) is 8.42 Å². The van der Waals surface area contributed by atoms with Crippen LogP contribution in [0.5, 0.6) is 0 Å². The van der Waals surface area contributed by atoms with Crippen molar-refractivity contribution in [1.82, 2.24) is 10.2 Å². The Morgan fingerprint density at radius 3 is 2.61 bits per heavy atom. The van der Waals surface area contributed by atoms with Gasteiger partial charge in [-0.3, -0.25) is 9.59 Å². The maximum absolute atomic E-state index is 12.6. The van der Waals surface area contributed by atoms with Crippen LogP contribution in [0.2, 0.25) is 0 Å². The Labute approximate surface area is 196 Å². The van der Waals surface area contributed by atoms with Crippen LogP contribution in [0.3, 0.4) is 0 Å². The number of hydrogen-bond donors (Lipinski definition) is 1. The highest BCUT2D eigenvalue weighted by Gasteiger charge is 2.34. The zero-order valence-electron chi connectivity index (χ0n) is 18.1. The van der Waals surface area contributed by atoms with Crippen molar-refractivity contribution in [3.05, 3.63) is 70.7 Å². The summed E-state index contributed by atoms with van der Waals surface area (Å²) in [4.78, 5) is 26.6. The molecule has 8 nitrogen and oxygen atoms in total. The predicted octanol–water partition coefficient (Wildman–Crippen LogP) is 3.31. The van der Waals surface area contributed by atoms with E-state index >= 15 is 0 Å². The van der Waals surface area contributed by atoms with Crippen LogP contribution < -0.4 is 10.2 Å². The number of carbonyl (C=O) groups is 2. The highest BCUT2D eigenvalue weighted by Crippen LogP contribution is 2.35. The molecule has 2 aromatic carbocycles. The summed E-state index contributed by atoms with van der Waals surface area (Å²) in [7, 11) is -3.41. The molecule has 1 atom stereocenters. The zero-order valence-corrected chi connectivity index (χ0v) is 19.7. The molecule has 0 radical (unpaired) electrons. The molecule has 172 valence electrons. The number of sulfone groups is 1. The molecule has 4 rings (SSSR count). The average molecular weight is 485 g/mol. The van der Waals surface area contributed by atoms with E-state index in [9.17, 15) is 18.0 Å². The molecule has 1 saturated heterocycles. The minimum absolute atomic E-state index is 0.0266. The number of nitrogens with one attached hydrogen (secondary N) is 1. The Morgan fingerprint density at radius 2 is 1.85 bits per heavy atom. The summed E-state index contributed by atoms with van der Waals surface area (Å²) in [6.45, 7) is 2.47. The first kappa shape index (κ1) is 23.1. The van der Waals surface area contributed by atoms with Crippen LogP contribution in [0.15, 0.2) is 54.6 Å². The lowest BCUT2D eigenvalue weighted by atomic mass is 10.1. The van der Waals surface area contributed by atoms with Crippen LogP contribution in [-0.4, -0.2) is 42.7 Å². The molecule has 2 amide bonds. The van der Waals surface area contributed by atoms with Gasteiger partial charge in [0, 0.05) is 31.0 Å². The second kappa shape index (κ2) is 9.80. The van der Waals surface area contributed by atoms with E-state index in [4.69, 9.17) is 0 Å². The van der Waals surface area contributed by atoms with Crippen molar-refractivity contribution >= 4 is 43.8 Å². The maximum Gasteiger partial charge on any atom is 0.227 e. The molecular weight excluding hydrogens is 460 g/mol. The van der Waals surface area contributed by atoms with E-state index in [1.807, 2.05) is 37.3 Å². The summed E-state index contributed by atoms with van der Waals surface area (Å²) in [5.41, 5.74) is 2.61. The van der Waals surface area contributed by atoms with Gasteiger partial charge in [0.1, 0.15) is 5.01 Å². The monoisotopic (exact) mass is 484 g/mol. The Kier molecular flexibility index (Phi) is 6.85. The van der Waals surface area contributed by atoms with E-state index in [1.54, 1.807) is 29.2 Å². The molecule has 0 saturated carbocycles. The molecule has 0 aliphatic carbocycles. The van der Waals surface area contributed by atoms with Crippen molar-refractivity contribution < 1.29 is 18.0 Å². The number of hydrogen-bond acceptors (Lipinski definition) is 7. The van der Waals surface area contributed by atoms with E-state index < -0.39 is 15.7 Å². The fourth-order valence-corrected chi connectivity index (χ4v) is 5.94. The fraction of sp³-hybridized carbons (Fsp3) is 0.304. The van der Waals surface area contributed by atoms with E-state index in [0.29, 0.717) is 28.7 Å². The van der Waals surface area contributed by atoms with E-state index in [2.05, 4.69) is 15.5 Å². The van der Waals surface area contributed by atoms with Gasteiger partial charge in [0.15, 0.2) is 9.84 Å². The number of nitrogens with zero attached hydrogens (tertiary/aromatic N) is 3. The maximum atomic E-state index is 12.6. The molecule has 0 bridgehead atoms. The molecule has 3 aromatic rings. The number of anilines is 2. The number of benzene rings is 2. The number of para-hydroxylation sites is 1. The van der Waals surface area contributed by atoms with Gasteiger partial charge in [-0.2, -0.15) is 0 Å². The predicted molar refractivity (Wildman–Crippen MR) is 128 cm³/mol. The van der Waals surface area contributed by atoms with Crippen LogP contribution in [0, 0.1) is 6.92 Å². The molecule has 0 spiro atoms. The van der Waals surface area contributed by atoms with Crippen molar-refractivity contribution in [3.63, 3.8) is 0 Å². The third kappa shape index (κ3) is 5.82. The number of amides is 2.